The van der Waals surface area contributed by atoms with Crippen LogP contribution in [-0.2, 0) is 31.0 Å². The maximum atomic E-state index is 13.8. The van der Waals surface area contributed by atoms with Crippen LogP contribution < -0.4 is 15.9 Å². The van der Waals surface area contributed by atoms with Gasteiger partial charge in [0.1, 0.15) is 18.9 Å². The lowest BCUT2D eigenvalue weighted by atomic mass is 9.97. The van der Waals surface area contributed by atoms with Crippen molar-refractivity contribution in [1.82, 2.24) is 19.8 Å². The summed E-state index contributed by atoms with van der Waals surface area (Å²) in [5.74, 6) is 2.79. The van der Waals surface area contributed by atoms with E-state index in [-0.39, 0.29) is 29.8 Å². The smallest absolute Gasteiger partial charge is 0.323 e. The predicted octanol–water partition coefficient (Wildman–Crippen LogP) is 2.14. The van der Waals surface area contributed by atoms with E-state index in [0.717, 1.165) is 36.2 Å². The number of hydrazone groups is 1. The molecule has 5 N–H and O–H groups in total. The standard InChI is InChI=1S/C30H36N6O6S.ClH/c31-33-21-35-14-12-22(13-15-35)18-32-28(37)17-27(30(40)36(20-29(38)39)19-23-6-2-1-3-7-23)34-43(41,42)26-11-10-24-8-4-5-9-25(24)16-26;/h1-11,16,21-22,27,34H,12-15,17-20,31H2,(H,32,37)(H,38,39);1H/t27-;/m0./s1. The number of likely N-dealkylation sites (tertiary alicyclic amines) is 1. The highest BCUT2D eigenvalue weighted by Crippen LogP contribution is 2.20. The first-order valence-corrected chi connectivity index (χ1v) is 15.4. The molecule has 1 heterocycles. The minimum absolute atomic E-state index is 0. The van der Waals surface area contributed by atoms with Crippen LogP contribution in [-0.4, -0.2) is 79.7 Å². The fraction of sp³-hybridized carbons (Fsp3) is 0.333. The van der Waals surface area contributed by atoms with Gasteiger partial charge in [-0.1, -0.05) is 60.7 Å². The molecule has 0 radical (unpaired) electrons. The lowest BCUT2D eigenvalue weighted by molar-refractivity contribution is -0.146. The van der Waals surface area contributed by atoms with E-state index < -0.39 is 46.8 Å². The Bertz CT molecular complexity index is 1560. The molecule has 4 rings (SSSR count). The Balaban J connectivity index is 0.00000529. The Morgan fingerprint density at radius 3 is 2.34 bits per heavy atom. The van der Waals surface area contributed by atoms with Crippen molar-refractivity contribution < 1.29 is 27.9 Å². The van der Waals surface area contributed by atoms with Gasteiger partial charge in [0, 0.05) is 26.2 Å². The molecule has 44 heavy (non-hydrogen) atoms. The summed E-state index contributed by atoms with van der Waals surface area (Å²) in [6.07, 6.45) is 2.67. The van der Waals surface area contributed by atoms with Crippen molar-refractivity contribution in [2.75, 3.05) is 26.2 Å². The number of nitrogens with zero attached hydrogens (tertiary/aromatic N) is 3. The first kappa shape index (κ1) is 34.3. The van der Waals surface area contributed by atoms with Crippen molar-refractivity contribution in [1.29, 1.82) is 0 Å². The van der Waals surface area contributed by atoms with E-state index in [9.17, 15) is 27.9 Å². The Morgan fingerprint density at radius 2 is 1.68 bits per heavy atom. The number of halogens is 1. The number of rotatable bonds is 13. The number of fused-ring (bicyclic) bond motifs is 1. The minimum atomic E-state index is -4.28. The molecule has 0 unspecified atom stereocenters. The number of carbonyl (C=O) groups is 3. The number of piperidine rings is 1. The number of carbonyl (C=O) groups excluding carboxylic acids is 2. The molecule has 3 aromatic carbocycles. The maximum absolute atomic E-state index is 13.8. The van der Waals surface area contributed by atoms with Crippen LogP contribution in [0, 0.1) is 5.92 Å². The van der Waals surface area contributed by atoms with Crippen LogP contribution in [0.2, 0.25) is 0 Å². The number of aliphatic carboxylic acids is 1. The van der Waals surface area contributed by atoms with Crippen molar-refractivity contribution in [3.05, 3.63) is 78.4 Å². The summed E-state index contributed by atoms with van der Waals surface area (Å²) in [6, 6.07) is 19.0. The largest absolute Gasteiger partial charge is 0.480 e. The van der Waals surface area contributed by atoms with E-state index in [1.54, 1.807) is 54.9 Å². The summed E-state index contributed by atoms with van der Waals surface area (Å²) in [7, 11) is -4.28. The summed E-state index contributed by atoms with van der Waals surface area (Å²) in [5, 5.41) is 17.4. The summed E-state index contributed by atoms with van der Waals surface area (Å²) in [4.78, 5) is 41.5. The molecule has 0 aromatic heterocycles. The molecule has 1 aliphatic rings. The van der Waals surface area contributed by atoms with E-state index >= 15 is 0 Å². The first-order chi connectivity index (χ1) is 20.6. The van der Waals surface area contributed by atoms with Crippen molar-refractivity contribution >= 4 is 57.3 Å². The molecule has 0 spiro atoms. The van der Waals surface area contributed by atoms with Crippen LogP contribution in [0.4, 0.5) is 0 Å². The molecule has 3 aromatic rings. The summed E-state index contributed by atoms with van der Waals surface area (Å²) in [6.45, 7) is 1.07. The molecule has 0 saturated carbocycles. The number of nitrogens with one attached hydrogen (secondary N) is 2. The molecule has 1 saturated heterocycles. The molecule has 12 nitrogen and oxygen atoms in total. The molecule has 0 aliphatic carbocycles. The normalized spacial score (nSPS) is 14.6. The zero-order valence-electron chi connectivity index (χ0n) is 24.0. The minimum Gasteiger partial charge on any atom is -0.480 e. The maximum Gasteiger partial charge on any atom is 0.323 e. The van der Waals surface area contributed by atoms with E-state index in [2.05, 4.69) is 15.1 Å². The van der Waals surface area contributed by atoms with Crippen LogP contribution in [0.5, 0.6) is 0 Å². The number of carboxylic acids is 1. The van der Waals surface area contributed by atoms with Gasteiger partial charge >= 0.3 is 5.97 Å². The summed E-state index contributed by atoms with van der Waals surface area (Å²) in [5.41, 5.74) is 0.656. The molecule has 1 fully saturated rings. The number of hydrogen-bond acceptors (Lipinski definition) is 7. The van der Waals surface area contributed by atoms with E-state index in [1.165, 1.54) is 12.1 Å². The molecular weight excluding hydrogens is 608 g/mol. The molecule has 14 heteroatoms. The van der Waals surface area contributed by atoms with Crippen molar-refractivity contribution in [2.45, 2.75) is 36.7 Å². The van der Waals surface area contributed by atoms with Gasteiger partial charge in [0.15, 0.2) is 0 Å². The average Bonchev–Trinajstić information content (AvgIpc) is 3.00. The number of amides is 2. The van der Waals surface area contributed by atoms with Gasteiger partial charge in [0.2, 0.25) is 21.8 Å². The molecule has 236 valence electrons. The molecule has 1 aliphatic heterocycles. The van der Waals surface area contributed by atoms with Gasteiger partial charge in [0.05, 0.1) is 11.3 Å². The van der Waals surface area contributed by atoms with E-state index in [0.29, 0.717) is 17.5 Å². The van der Waals surface area contributed by atoms with Gasteiger partial charge in [-0.05, 0) is 47.2 Å². The van der Waals surface area contributed by atoms with Gasteiger partial charge < -0.3 is 26.1 Å². The second kappa shape index (κ2) is 16.0. The number of sulfonamides is 1. The van der Waals surface area contributed by atoms with E-state index in [1.807, 2.05) is 17.0 Å². The van der Waals surface area contributed by atoms with Gasteiger partial charge in [0.25, 0.3) is 0 Å². The monoisotopic (exact) mass is 644 g/mol. The Morgan fingerprint density at radius 1 is 1.02 bits per heavy atom. The van der Waals surface area contributed by atoms with Crippen LogP contribution in [0.15, 0.2) is 82.8 Å². The fourth-order valence-corrected chi connectivity index (χ4v) is 6.28. The Labute approximate surface area is 262 Å². The molecule has 1 atom stereocenters. The zero-order valence-corrected chi connectivity index (χ0v) is 25.7. The van der Waals surface area contributed by atoms with Gasteiger partial charge in [-0.2, -0.15) is 9.82 Å². The van der Waals surface area contributed by atoms with Crippen LogP contribution >= 0.6 is 12.4 Å². The second-order valence-electron chi connectivity index (χ2n) is 10.5. The van der Waals surface area contributed by atoms with Crippen molar-refractivity contribution in [3.63, 3.8) is 0 Å². The summed E-state index contributed by atoms with van der Waals surface area (Å²) >= 11 is 0. The molecule has 0 bridgehead atoms. The van der Waals surface area contributed by atoms with Crippen LogP contribution in [0.1, 0.15) is 24.8 Å². The average molecular weight is 645 g/mol. The van der Waals surface area contributed by atoms with Gasteiger partial charge in [-0.15, -0.1) is 12.4 Å². The summed E-state index contributed by atoms with van der Waals surface area (Å²) < 4.78 is 29.4. The molecular formula is C30H37ClN6O6S. The highest BCUT2D eigenvalue weighted by molar-refractivity contribution is 7.89. The highest BCUT2D eigenvalue weighted by Gasteiger charge is 2.32. The Kier molecular flexibility index (Phi) is 12.5. The zero-order chi connectivity index (χ0) is 30.8. The number of hydrogen-bond donors (Lipinski definition) is 4. The highest BCUT2D eigenvalue weighted by atomic mass is 35.5. The van der Waals surface area contributed by atoms with Gasteiger partial charge in [-0.25, -0.2) is 8.42 Å². The van der Waals surface area contributed by atoms with Crippen molar-refractivity contribution in [2.24, 2.45) is 16.9 Å². The van der Waals surface area contributed by atoms with E-state index in [4.69, 9.17) is 5.84 Å². The first-order valence-electron chi connectivity index (χ1n) is 13.9. The quantitative estimate of drug-likeness (QED) is 0.0947. The predicted molar refractivity (Wildman–Crippen MR) is 169 cm³/mol. The lowest BCUT2D eigenvalue weighted by Crippen LogP contribution is -2.51. The van der Waals surface area contributed by atoms with Crippen LogP contribution in [0.3, 0.4) is 0 Å². The van der Waals surface area contributed by atoms with Gasteiger partial charge in [-0.3, -0.25) is 14.4 Å². The number of benzene rings is 3. The third kappa shape index (κ3) is 9.66. The third-order valence-corrected chi connectivity index (χ3v) is 8.81. The number of carboxylic acid groups (broad SMARTS) is 1. The van der Waals surface area contributed by atoms with Crippen molar-refractivity contribution in [3.8, 4) is 0 Å². The lowest BCUT2D eigenvalue weighted by Gasteiger charge is -2.30. The number of nitrogens with two attached hydrogens (primary N) is 1. The fourth-order valence-electron chi connectivity index (χ4n) is 5.05. The topological polar surface area (TPSA) is 174 Å². The van der Waals surface area contributed by atoms with Crippen LogP contribution in [0.25, 0.3) is 10.8 Å². The molecule has 2 amide bonds. The second-order valence-corrected chi connectivity index (χ2v) is 12.2. The SMILES string of the molecule is Cl.NN=CN1CCC(CNC(=O)C[C@H](NS(=O)(=O)c2ccc3ccccc3c2)C(=O)N(CC(=O)O)Cc2ccccc2)CC1. The third-order valence-electron chi connectivity index (χ3n) is 7.34. The Hall–Kier alpha value is -4.20.